The summed E-state index contributed by atoms with van der Waals surface area (Å²) in [5, 5.41) is 21.7. The van der Waals surface area contributed by atoms with E-state index in [4.69, 9.17) is 5.73 Å². The van der Waals surface area contributed by atoms with Crippen LogP contribution in [0.2, 0.25) is 0 Å². The number of nitrogens with one attached hydrogen (secondary N) is 1. The normalized spacial score (nSPS) is 11.6. The van der Waals surface area contributed by atoms with Crippen molar-refractivity contribution < 1.29 is 19.8 Å². The maximum Gasteiger partial charge on any atom is 0.326 e. The van der Waals surface area contributed by atoms with Gasteiger partial charge in [-0.15, -0.1) is 0 Å². The van der Waals surface area contributed by atoms with Crippen molar-refractivity contribution in [3.63, 3.8) is 0 Å². The Morgan fingerprint density at radius 1 is 0.871 bits per heavy atom. The Hall–Kier alpha value is -3.80. The molecule has 0 aromatic heterocycles. The molecular formula is C25H26N2O4. The third kappa shape index (κ3) is 6.34. The number of hydrogen-bond donors (Lipinski definition) is 4. The number of aromatic hydroxyl groups is 1. The molecule has 1 amide bonds. The van der Waals surface area contributed by atoms with Gasteiger partial charge in [0.25, 0.3) is 5.91 Å². The Morgan fingerprint density at radius 3 is 2.32 bits per heavy atom. The molecule has 0 saturated heterocycles. The van der Waals surface area contributed by atoms with E-state index in [1.54, 1.807) is 36.4 Å². The van der Waals surface area contributed by atoms with Crippen molar-refractivity contribution >= 4 is 17.6 Å². The maximum atomic E-state index is 12.7. The number of aryl methyl sites for hydroxylation is 3. The molecule has 0 fully saturated rings. The number of benzene rings is 3. The number of anilines is 1. The highest BCUT2D eigenvalue weighted by Gasteiger charge is 2.21. The van der Waals surface area contributed by atoms with Gasteiger partial charge in [-0.25, -0.2) is 4.79 Å². The number of aliphatic carboxylic acids is 1. The lowest BCUT2D eigenvalue weighted by Gasteiger charge is -2.15. The van der Waals surface area contributed by atoms with Gasteiger partial charge in [-0.05, 0) is 72.7 Å². The molecule has 0 heterocycles. The fourth-order valence-electron chi connectivity index (χ4n) is 3.41. The number of phenolic OH excluding ortho intramolecular Hbond substituents is 1. The van der Waals surface area contributed by atoms with Crippen LogP contribution in [0.15, 0.2) is 72.8 Å². The molecule has 0 radical (unpaired) electrons. The Morgan fingerprint density at radius 2 is 1.61 bits per heavy atom. The van der Waals surface area contributed by atoms with Crippen molar-refractivity contribution in [2.45, 2.75) is 31.7 Å². The molecule has 0 bridgehead atoms. The number of amides is 1. The average Bonchev–Trinajstić information content (AvgIpc) is 2.76. The largest absolute Gasteiger partial charge is 0.508 e. The van der Waals surface area contributed by atoms with Gasteiger partial charge in [0.1, 0.15) is 11.8 Å². The first-order valence-electron chi connectivity index (χ1n) is 10.2. The van der Waals surface area contributed by atoms with E-state index in [-0.39, 0.29) is 5.75 Å². The number of carbonyl (C=O) groups is 2. The van der Waals surface area contributed by atoms with Crippen LogP contribution in [-0.4, -0.2) is 28.1 Å². The summed E-state index contributed by atoms with van der Waals surface area (Å²) in [6, 6.07) is 20.5. The third-order valence-electron chi connectivity index (χ3n) is 5.17. The minimum absolute atomic E-state index is 0.203. The maximum absolute atomic E-state index is 12.7. The van der Waals surface area contributed by atoms with Gasteiger partial charge in [-0.2, -0.15) is 0 Å². The van der Waals surface area contributed by atoms with Gasteiger partial charge in [-0.3, -0.25) is 4.79 Å². The second kappa shape index (κ2) is 10.3. The van der Waals surface area contributed by atoms with Crippen LogP contribution in [0.3, 0.4) is 0 Å². The SMILES string of the molecule is Nc1ccc(C(=O)NC(CCc2ccccc2)C(=O)O)cc1CCc1cccc(O)c1. The lowest BCUT2D eigenvalue weighted by molar-refractivity contribution is -0.139. The van der Waals surface area contributed by atoms with E-state index >= 15 is 0 Å². The molecule has 0 aliphatic heterocycles. The van der Waals surface area contributed by atoms with Gasteiger partial charge in [0.05, 0.1) is 0 Å². The first-order chi connectivity index (χ1) is 14.9. The minimum Gasteiger partial charge on any atom is -0.508 e. The van der Waals surface area contributed by atoms with Crippen LogP contribution in [0, 0.1) is 0 Å². The molecule has 6 nitrogen and oxygen atoms in total. The fourth-order valence-corrected chi connectivity index (χ4v) is 3.41. The summed E-state index contributed by atoms with van der Waals surface area (Å²) < 4.78 is 0. The molecule has 3 aromatic rings. The van der Waals surface area contributed by atoms with E-state index in [1.165, 1.54) is 0 Å². The van der Waals surface area contributed by atoms with E-state index in [0.29, 0.717) is 36.9 Å². The van der Waals surface area contributed by atoms with Crippen molar-refractivity contribution in [2.24, 2.45) is 0 Å². The fraction of sp³-hybridized carbons (Fsp3) is 0.200. The van der Waals surface area contributed by atoms with Gasteiger partial charge in [-0.1, -0.05) is 42.5 Å². The predicted molar refractivity (Wildman–Crippen MR) is 120 cm³/mol. The Labute approximate surface area is 181 Å². The predicted octanol–water partition coefficient (Wildman–Crippen LogP) is 3.58. The van der Waals surface area contributed by atoms with Crippen molar-refractivity contribution in [1.82, 2.24) is 5.32 Å². The summed E-state index contributed by atoms with van der Waals surface area (Å²) in [6.45, 7) is 0. The van der Waals surface area contributed by atoms with Gasteiger partial charge >= 0.3 is 5.97 Å². The number of nitrogens with two attached hydrogens (primary N) is 1. The molecular weight excluding hydrogens is 392 g/mol. The number of carboxylic acids is 1. The Balaban J connectivity index is 1.65. The monoisotopic (exact) mass is 418 g/mol. The van der Waals surface area contributed by atoms with Crippen LogP contribution in [0.5, 0.6) is 5.75 Å². The standard InChI is InChI=1S/C25H26N2O4/c26-22-13-12-20(16-19(22)11-9-18-7-4-8-21(28)15-18)24(29)27-23(25(30)31)14-10-17-5-2-1-3-6-17/h1-8,12-13,15-16,23,28H,9-11,14,26H2,(H,27,29)(H,30,31). The van der Waals surface area contributed by atoms with Gasteiger partial charge in [0.15, 0.2) is 0 Å². The number of nitrogen functional groups attached to an aromatic ring is 1. The van der Waals surface area contributed by atoms with Crippen LogP contribution in [0.25, 0.3) is 0 Å². The average molecular weight is 418 g/mol. The quantitative estimate of drug-likeness (QED) is 0.397. The van der Waals surface area contributed by atoms with Crippen LogP contribution in [-0.2, 0) is 24.1 Å². The molecule has 5 N–H and O–H groups in total. The summed E-state index contributed by atoms with van der Waals surface area (Å²) in [5.74, 6) is -1.31. The molecule has 1 atom stereocenters. The van der Waals surface area contributed by atoms with Gasteiger partial charge in [0.2, 0.25) is 0 Å². The zero-order chi connectivity index (χ0) is 22.2. The van der Waals surface area contributed by atoms with Gasteiger partial charge in [0, 0.05) is 11.3 Å². The van der Waals surface area contributed by atoms with E-state index in [2.05, 4.69) is 5.32 Å². The van der Waals surface area contributed by atoms with E-state index in [1.807, 2.05) is 36.4 Å². The van der Waals surface area contributed by atoms with Crippen molar-refractivity contribution in [2.75, 3.05) is 5.73 Å². The van der Waals surface area contributed by atoms with E-state index in [0.717, 1.165) is 16.7 Å². The van der Waals surface area contributed by atoms with Crippen molar-refractivity contribution in [3.8, 4) is 5.75 Å². The molecule has 1 unspecified atom stereocenters. The molecule has 0 aliphatic rings. The number of carboxylic acid groups (broad SMARTS) is 1. The number of phenols is 1. The number of hydrogen-bond acceptors (Lipinski definition) is 4. The zero-order valence-electron chi connectivity index (χ0n) is 17.1. The molecule has 160 valence electrons. The molecule has 31 heavy (non-hydrogen) atoms. The first kappa shape index (κ1) is 21.9. The lowest BCUT2D eigenvalue weighted by atomic mass is 10.00. The van der Waals surface area contributed by atoms with Gasteiger partial charge < -0.3 is 21.3 Å². The Kier molecular flexibility index (Phi) is 7.27. The summed E-state index contributed by atoms with van der Waals surface area (Å²) >= 11 is 0. The molecule has 3 rings (SSSR count). The summed E-state index contributed by atoms with van der Waals surface area (Å²) in [5.41, 5.74) is 9.78. The van der Waals surface area contributed by atoms with Crippen molar-refractivity contribution in [3.05, 3.63) is 95.1 Å². The van der Waals surface area contributed by atoms with E-state index < -0.39 is 17.9 Å². The summed E-state index contributed by atoms with van der Waals surface area (Å²) in [4.78, 5) is 24.3. The second-order valence-corrected chi connectivity index (χ2v) is 7.47. The molecule has 0 saturated carbocycles. The number of rotatable bonds is 9. The zero-order valence-corrected chi connectivity index (χ0v) is 17.1. The number of carbonyl (C=O) groups excluding carboxylic acids is 1. The minimum atomic E-state index is -1.07. The summed E-state index contributed by atoms with van der Waals surface area (Å²) in [6.07, 6.45) is 2.09. The van der Waals surface area contributed by atoms with Crippen molar-refractivity contribution in [1.29, 1.82) is 0 Å². The van der Waals surface area contributed by atoms with Crippen LogP contribution >= 0.6 is 0 Å². The summed E-state index contributed by atoms with van der Waals surface area (Å²) in [7, 11) is 0. The highest BCUT2D eigenvalue weighted by molar-refractivity contribution is 5.97. The van der Waals surface area contributed by atoms with Crippen LogP contribution in [0.1, 0.15) is 33.5 Å². The second-order valence-electron chi connectivity index (χ2n) is 7.47. The lowest BCUT2D eigenvalue weighted by Crippen LogP contribution is -2.41. The van der Waals surface area contributed by atoms with Crippen LogP contribution in [0.4, 0.5) is 5.69 Å². The third-order valence-corrected chi connectivity index (χ3v) is 5.17. The molecule has 3 aromatic carbocycles. The highest BCUT2D eigenvalue weighted by atomic mass is 16.4. The molecule has 6 heteroatoms. The topological polar surface area (TPSA) is 113 Å². The van der Waals surface area contributed by atoms with Crippen LogP contribution < -0.4 is 11.1 Å². The molecule has 0 aliphatic carbocycles. The molecule has 0 spiro atoms. The highest BCUT2D eigenvalue weighted by Crippen LogP contribution is 2.19. The first-order valence-corrected chi connectivity index (χ1v) is 10.2. The Bertz CT molecular complexity index is 1050. The van der Waals surface area contributed by atoms with E-state index in [9.17, 15) is 19.8 Å². The smallest absolute Gasteiger partial charge is 0.326 e.